The predicted molar refractivity (Wildman–Crippen MR) is 95.6 cm³/mol. The zero-order valence-electron chi connectivity index (χ0n) is 14.9. The van der Waals surface area contributed by atoms with Crippen molar-refractivity contribution in [3.05, 3.63) is 59.7 Å². The summed E-state index contributed by atoms with van der Waals surface area (Å²) in [5.74, 6) is -0.567. The third kappa shape index (κ3) is 4.65. The molecular formula is C19H24Cl2HfNOSi. The monoisotopic (exact) mass is 560 g/mol. The first-order valence-corrected chi connectivity index (χ1v) is 21.5. The minimum atomic E-state index is -2.26. The Hall–Kier alpha value is -0.423. The Morgan fingerprint density at radius 3 is 1.92 bits per heavy atom. The first-order chi connectivity index (χ1) is 11.1. The van der Waals surface area contributed by atoms with E-state index in [1.165, 1.54) is 22.3 Å². The molecule has 1 amide bonds. The zero-order chi connectivity index (χ0) is 16.4. The van der Waals surface area contributed by atoms with Crippen molar-refractivity contribution in [2.45, 2.75) is 36.5 Å². The molecule has 2 nitrogen and oxygen atoms in total. The summed E-state index contributed by atoms with van der Waals surface area (Å²) in [6.45, 7) is 6.94. The van der Waals surface area contributed by atoms with Gasteiger partial charge < -0.3 is 24.8 Å². The van der Waals surface area contributed by atoms with E-state index in [0.717, 1.165) is 6.42 Å². The molecular weight excluding hydrogens is 536 g/mol. The Morgan fingerprint density at radius 1 is 1.00 bits per heavy atom. The standard InChI is InChI=1S/C13H9.C4H9NO.C2H7Si.2ClH.Hf/c1-3-7-12-10(5-1)9-11-6-2-4-8-13(11)12;1-2-3-4(5)6;1-3-2;;;/h1-9H;2-3H2,1H3,(H2,5,6);3H,1-2H3;2*1H;/q;;;;;+3/p-3. The smallest absolute Gasteiger partial charge is 1.00 e. The number of hydrogen-bond donors (Lipinski definition) is 1. The SMILES string of the molecule is CCCC(=O)[NH][Hf+2]([CH]1c2ccccc2-c2ccccc21)[SiH](C)C.[Cl-].[Cl-]. The summed E-state index contributed by atoms with van der Waals surface area (Å²) in [4.78, 5) is 12.3. The number of amides is 1. The molecule has 2 aromatic carbocycles. The van der Waals surface area contributed by atoms with Crippen LogP contribution in [0, 0.1) is 0 Å². The molecule has 1 aliphatic carbocycles. The Kier molecular flexibility index (Phi) is 9.09. The van der Waals surface area contributed by atoms with Crippen molar-refractivity contribution in [2.24, 2.45) is 0 Å². The van der Waals surface area contributed by atoms with Gasteiger partial charge in [-0.15, -0.1) is 0 Å². The van der Waals surface area contributed by atoms with Crippen molar-refractivity contribution in [2.75, 3.05) is 0 Å². The van der Waals surface area contributed by atoms with Gasteiger partial charge in [0.2, 0.25) is 0 Å². The molecule has 0 spiro atoms. The van der Waals surface area contributed by atoms with Crippen LogP contribution < -0.4 is 28.1 Å². The largest absolute Gasteiger partial charge is 1.00 e. The average Bonchev–Trinajstić information content (AvgIpc) is 2.87. The number of fused-ring (bicyclic) bond motifs is 3. The summed E-state index contributed by atoms with van der Waals surface area (Å²) < 4.78 is 4.09. The van der Waals surface area contributed by atoms with Gasteiger partial charge in [0.05, 0.1) is 0 Å². The van der Waals surface area contributed by atoms with E-state index in [4.69, 9.17) is 0 Å². The van der Waals surface area contributed by atoms with Gasteiger partial charge >= 0.3 is 148 Å². The minimum Gasteiger partial charge on any atom is -1.00 e. The number of halogens is 2. The maximum atomic E-state index is 12.3. The molecule has 0 heterocycles. The summed E-state index contributed by atoms with van der Waals surface area (Å²) in [6.07, 6.45) is 1.60. The third-order valence-electron chi connectivity index (χ3n) is 4.53. The molecule has 1 aliphatic rings. The number of carbonyl (C=O) groups excluding carboxylic acids is 1. The number of benzene rings is 2. The fourth-order valence-corrected chi connectivity index (χ4v) is 25.3. The average molecular weight is 560 g/mol. The molecule has 25 heavy (non-hydrogen) atoms. The topological polar surface area (TPSA) is 29.1 Å². The second kappa shape index (κ2) is 10.1. The van der Waals surface area contributed by atoms with E-state index < -0.39 is 26.9 Å². The van der Waals surface area contributed by atoms with Crippen molar-refractivity contribution in [3.63, 3.8) is 0 Å². The van der Waals surface area contributed by atoms with E-state index in [2.05, 4.69) is 71.9 Å². The molecule has 6 heteroatoms. The van der Waals surface area contributed by atoms with Crippen molar-refractivity contribution >= 4 is 11.9 Å². The van der Waals surface area contributed by atoms with Gasteiger partial charge in [-0.05, 0) is 0 Å². The van der Waals surface area contributed by atoms with Gasteiger partial charge in [-0.2, -0.15) is 0 Å². The molecule has 0 bridgehead atoms. The van der Waals surface area contributed by atoms with Crippen LogP contribution in [0.4, 0.5) is 0 Å². The maximum Gasteiger partial charge on any atom is -1.00 e. The van der Waals surface area contributed by atoms with Crippen LogP contribution >= 0.6 is 0 Å². The third-order valence-corrected chi connectivity index (χ3v) is 29.6. The van der Waals surface area contributed by atoms with Crippen LogP contribution in [0.3, 0.4) is 0 Å². The van der Waals surface area contributed by atoms with Crippen LogP contribution in [0.1, 0.15) is 34.6 Å². The second-order valence-electron chi connectivity index (χ2n) is 6.52. The van der Waals surface area contributed by atoms with Crippen molar-refractivity contribution in [3.8, 4) is 11.1 Å². The van der Waals surface area contributed by atoms with Crippen molar-refractivity contribution in [1.82, 2.24) is 3.30 Å². The van der Waals surface area contributed by atoms with E-state index in [9.17, 15) is 4.79 Å². The van der Waals surface area contributed by atoms with Gasteiger partial charge in [-0.1, -0.05) is 0 Å². The molecule has 0 saturated heterocycles. The van der Waals surface area contributed by atoms with E-state index in [1.807, 2.05) is 0 Å². The van der Waals surface area contributed by atoms with E-state index >= 15 is 0 Å². The Labute approximate surface area is 172 Å². The van der Waals surface area contributed by atoms with Crippen LogP contribution in [-0.4, -0.2) is 11.9 Å². The predicted octanol–water partition coefficient (Wildman–Crippen LogP) is -1.80. The zero-order valence-corrected chi connectivity index (χ0v) is 21.1. The van der Waals surface area contributed by atoms with Gasteiger partial charge in [-0.3, -0.25) is 0 Å². The quantitative estimate of drug-likeness (QED) is 0.431. The summed E-state index contributed by atoms with van der Waals surface area (Å²) in [5, 5.41) is 0. The summed E-state index contributed by atoms with van der Waals surface area (Å²) in [5.41, 5.74) is 5.70. The second-order valence-corrected chi connectivity index (χ2v) is 32.6. The molecule has 0 aliphatic heterocycles. The first-order valence-electron chi connectivity index (χ1n) is 8.48. The van der Waals surface area contributed by atoms with Crippen molar-refractivity contribution in [1.29, 1.82) is 0 Å². The summed E-state index contributed by atoms with van der Waals surface area (Å²) in [7, 11) is 0. The van der Waals surface area contributed by atoms with Crippen LogP contribution in [-0.2, 0) is 25.7 Å². The van der Waals surface area contributed by atoms with Crippen LogP contribution in [0.15, 0.2) is 48.5 Å². The van der Waals surface area contributed by atoms with Gasteiger partial charge in [0.15, 0.2) is 0 Å². The molecule has 0 fully saturated rings. The molecule has 2 aromatic rings. The Morgan fingerprint density at radius 2 is 1.48 bits per heavy atom. The molecule has 133 valence electrons. The van der Waals surface area contributed by atoms with Crippen LogP contribution in [0.25, 0.3) is 11.1 Å². The van der Waals surface area contributed by atoms with E-state index in [0.29, 0.717) is 10.1 Å². The number of hydrogen-bond acceptors (Lipinski definition) is 1. The molecule has 0 atom stereocenters. The number of nitrogens with one attached hydrogen (secondary N) is 1. The first kappa shape index (κ1) is 22.6. The minimum absolute atomic E-state index is 0. The van der Waals surface area contributed by atoms with Gasteiger partial charge in [0.25, 0.3) is 0 Å². The van der Waals surface area contributed by atoms with Gasteiger partial charge in [0, 0.05) is 0 Å². The molecule has 0 aromatic heterocycles. The summed E-state index contributed by atoms with van der Waals surface area (Å²) in [6, 6.07) is 17.6. The molecule has 1 N–H and O–H groups in total. The Bertz CT molecular complexity index is 681. The Balaban J connectivity index is 0.00000156. The van der Waals surface area contributed by atoms with E-state index in [-0.39, 0.29) is 30.7 Å². The normalized spacial score (nSPS) is 11.8. The molecule has 0 saturated carbocycles. The molecule has 0 radical (unpaired) electrons. The van der Waals surface area contributed by atoms with Crippen LogP contribution in [0.5, 0.6) is 0 Å². The molecule has 0 unspecified atom stereocenters. The van der Waals surface area contributed by atoms with Crippen LogP contribution in [0.2, 0.25) is 13.1 Å². The maximum absolute atomic E-state index is 12.3. The van der Waals surface area contributed by atoms with E-state index in [1.54, 1.807) is 0 Å². The van der Waals surface area contributed by atoms with Crippen molar-refractivity contribution < 1.29 is 50.5 Å². The van der Waals surface area contributed by atoms with Gasteiger partial charge in [-0.25, -0.2) is 0 Å². The number of carbonyl (C=O) groups is 1. The summed E-state index contributed by atoms with van der Waals surface area (Å²) >= 11 is -2.26. The fraction of sp³-hybridized carbons (Fsp3) is 0.316. The number of rotatable bonds is 5. The van der Waals surface area contributed by atoms with Gasteiger partial charge in [0.1, 0.15) is 0 Å². The molecule has 3 rings (SSSR count). The fourth-order valence-electron chi connectivity index (χ4n) is 3.49.